The van der Waals surface area contributed by atoms with E-state index in [2.05, 4.69) is 9.97 Å². The second-order valence-corrected chi connectivity index (χ2v) is 9.48. The summed E-state index contributed by atoms with van der Waals surface area (Å²) in [6, 6.07) is 3.80. The first-order valence-corrected chi connectivity index (χ1v) is 11.5. The maximum absolute atomic E-state index is 13.3. The average molecular weight is 469 g/mol. The minimum atomic E-state index is -4.00. The zero-order chi connectivity index (χ0) is 23.9. The number of carbonyl (C=O) groups excluding carboxylic acids is 1. The maximum Gasteiger partial charge on any atom is 0.273 e. The highest BCUT2D eigenvalue weighted by molar-refractivity contribution is 7.89. The van der Waals surface area contributed by atoms with Crippen LogP contribution in [0.2, 0.25) is 0 Å². The molecule has 0 fully saturated rings. The van der Waals surface area contributed by atoms with E-state index in [1.807, 2.05) is 0 Å². The Labute approximate surface area is 187 Å². The summed E-state index contributed by atoms with van der Waals surface area (Å²) in [7, 11) is -0.923. The summed E-state index contributed by atoms with van der Waals surface area (Å²) < 4.78 is 46.3. The van der Waals surface area contributed by atoms with Crippen molar-refractivity contribution in [3.05, 3.63) is 54.4 Å². The molecular formula is C21H29FN4O5S. The van der Waals surface area contributed by atoms with Crippen LogP contribution in [-0.2, 0) is 14.8 Å². The Morgan fingerprint density at radius 1 is 1.19 bits per heavy atom. The van der Waals surface area contributed by atoms with E-state index in [-0.39, 0.29) is 35.5 Å². The molecule has 0 aliphatic carbocycles. The highest BCUT2D eigenvalue weighted by Crippen LogP contribution is 2.22. The number of likely N-dealkylation sites (N-methyl/N-ethyl adjacent to an activating group) is 1. The number of nitrogens with zero attached hydrogens (tertiary/aromatic N) is 4. The van der Waals surface area contributed by atoms with Crippen LogP contribution < -0.4 is 0 Å². The number of amides is 1. The largest absolute Gasteiger partial charge is 0.395 e. The second kappa shape index (κ2) is 11.4. The number of hydrogen-bond acceptors (Lipinski definition) is 7. The van der Waals surface area contributed by atoms with E-state index < -0.39 is 34.6 Å². The van der Waals surface area contributed by atoms with E-state index in [4.69, 9.17) is 4.74 Å². The SMILES string of the molecule is CO[C@@H](CN(C)C(=O)c1cnccn1)[C@@H](C)CN([C@H](C)CO)S(=O)(=O)c1ccc(F)cc1. The first-order chi connectivity index (χ1) is 15.1. The molecule has 9 nitrogen and oxygen atoms in total. The fraction of sp³-hybridized carbons (Fsp3) is 0.476. The third-order valence-corrected chi connectivity index (χ3v) is 7.16. The Hall–Kier alpha value is -2.47. The third-order valence-electron chi connectivity index (χ3n) is 5.16. The van der Waals surface area contributed by atoms with Gasteiger partial charge in [-0.3, -0.25) is 9.78 Å². The summed E-state index contributed by atoms with van der Waals surface area (Å²) in [5.41, 5.74) is 0.187. The number of ether oxygens (including phenoxy) is 1. The lowest BCUT2D eigenvalue weighted by Gasteiger charge is -2.33. The normalized spacial score (nSPS) is 14.7. The zero-order valence-electron chi connectivity index (χ0n) is 18.6. The molecule has 2 rings (SSSR count). The second-order valence-electron chi connectivity index (χ2n) is 7.59. The minimum Gasteiger partial charge on any atom is -0.395 e. The van der Waals surface area contributed by atoms with Gasteiger partial charge in [0.15, 0.2) is 0 Å². The Bertz CT molecular complexity index is 975. The van der Waals surface area contributed by atoms with Gasteiger partial charge < -0.3 is 14.7 Å². The van der Waals surface area contributed by atoms with Gasteiger partial charge >= 0.3 is 0 Å². The molecule has 0 aliphatic heterocycles. The predicted molar refractivity (Wildman–Crippen MR) is 116 cm³/mol. The molecule has 0 saturated carbocycles. The number of methoxy groups -OCH3 is 1. The van der Waals surface area contributed by atoms with Gasteiger partial charge in [0.25, 0.3) is 5.91 Å². The van der Waals surface area contributed by atoms with Gasteiger partial charge in [0.1, 0.15) is 11.5 Å². The monoisotopic (exact) mass is 468 g/mol. The van der Waals surface area contributed by atoms with E-state index >= 15 is 0 Å². The zero-order valence-corrected chi connectivity index (χ0v) is 19.4. The predicted octanol–water partition coefficient (Wildman–Crippen LogP) is 1.41. The Morgan fingerprint density at radius 2 is 1.84 bits per heavy atom. The quantitative estimate of drug-likeness (QED) is 0.531. The first-order valence-electron chi connectivity index (χ1n) is 10.0. The molecular weight excluding hydrogens is 439 g/mol. The molecule has 1 N–H and O–H groups in total. The number of aliphatic hydroxyl groups excluding tert-OH is 1. The Morgan fingerprint density at radius 3 is 2.38 bits per heavy atom. The van der Waals surface area contributed by atoms with Crippen LogP contribution in [0.15, 0.2) is 47.8 Å². The van der Waals surface area contributed by atoms with Crippen molar-refractivity contribution < 1.29 is 27.4 Å². The molecule has 2 aromatic rings. The van der Waals surface area contributed by atoms with Crippen molar-refractivity contribution in [1.29, 1.82) is 0 Å². The molecule has 32 heavy (non-hydrogen) atoms. The molecule has 0 aliphatic rings. The van der Waals surface area contributed by atoms with Crippen LogP contribution in [0.1, 0.15) is 24.3 Å². The van der Waals surface area contributed by atoms with Gasteiger partial charge in [-0.05, 0) is 37.1 Å². The molecule has 11 heteroatoms. The van der Waals surface area contributed by atoms with Gasteiger partial charge in [0.05, 0.1) is 23.8 Å². The Kier molecular flexibility index (Phi) is 9.20. The van der Waals surface area contributed by atoms with Crippen LogP contribution in [0.3, 0.4) is 0 Å². The molecule has 0 saturated heterocycles. The molecule has 3 atom stereocenters. The van der Waals surface area contributed by atoms with Crippen LogP contribution >= 0.6 is 0 Å². The molecule has 1 aromatic carbocycles. The molecule has 1 aromatic heterocycles. The number of carbonyl (C=O) groups is 1. The molecule has 0 radical (unpaired) electrons. The van der Waals surface area contributed by atoms with E-state index in [0.717, 1.165) is 12.1 Å². The summed E-state index contributed by atoms with van der Waals surface area (Å²) in [6.07, 6.45) is 3.75. The van der Waals surface area contributed by atoms with Crippen molar-refractivity contribution in [3.63, 3.8) is 0 Å². The van der Waals surface area contributed by atoms with E-state index in [1.165, 1.54) is 47.0 Å². The van der Waals surface area contributed by atoms with Crippen LogP contribution in [0.5, 0.6) is 0 Å². The summed E-state index contributed by atoms with van der Waals surface area (Å²) in [6.45, 7) is 3.19. The van der Waals surface area contributed by atoms with Crippen molar-refractivity contribution in [1.82, 2.24) is 19.2 Å². The Balaban J connectivity index is 2.19. The van der Waals surface area contributed by atoms with Crippen LogP contribution in [-0.4, -0.2) is 84.6 Å². The van der Waals surface area contributed by atoms with Crippen molar-refractivity contribution in [3.8, 4) is 0 Å². The summed E-state index contributed by atoms with van der Waals surface area (Å²) in [5.74, 6) is -1.23. The van der Waals surface area contributed by atoms with Crippen molar-refractivity contribution in [2.24, 2.45) is 5.92 Å². The van der Waals surface area contributed by atoms with Crippen LogP contribution in [0.25, 0.3) is 0 Å². The van der Waals surface area contributed by atoms with Crippen molar-refractivity contribution in [2.45, 2.75) is 30.9 Å². The maximum atomic E-state index is 13.3. The molecule has 0 bridgehead atoms. The van der Waals surface area contributed by atoms with E-state index in [0.29, 0.717) is 0 Å². The number of halogens is 1. The van der Waals surface area contributed by atoms with Crippen molar-refractivity contribution in [2.75, 3.05) is 33.9 Å². The topological polar surface area (TPSA) is 113 Å². The van der Waals surface area contributed by atoms with Gasteiger partial charge in [-0.25, -0.2) is 17.8 Å². The fourth-order valence-corrected chi connectivity index (χ4v) is 4.92. The number of rotatable bonds is 11. The smallest absolute Gasteiger partial charge is 0.273 e. The average Bonchev–Trinajstić information content (AvgIpc) is 2.80. The number of aromatic nitrogens is 2. The first kappa shape index (κ1) is 25.8. The summed E-state index contributed by atoms with van der Waals surface area (Å²) in [4.78, 5) is 21.8. The summed E-state index contributed by atoms with van der Waals surface area (Å²) >= 11 is 0. The molecule has 0 unspecified atom stereocenters. The van der Waals surface area contributed by atoms with E-state index in [1.54, 1.807) is 20.9 Å². The van der Waals surface area contributed by atoms with Gasteiger partial charge in [0.2, 0.25) is 10.0 Å². The standard InChI is InChI=1S/C21H29FN4O5S/c1-15(20(31-4)13-25(3)21(28)19-11-23-9-10-24-19)12-26(16(2)14-27)32(29,30)18-7-5-17(22)6-8-18/h5-11,15-16,20,27H,12-14H2,1-4H3/t15-,16+,20-/m0/s1. The number of sulfonamides is 1. The molecule has 1 heterocycles. The van der Waals surface area contributed by atoms with Gasteiger partial charge in [-0.1, -0.05) is 6.92 Å². The minimum absolute atomic E-state index is 0.0209. The highest BCUT2D eigenvalue weighted by atomic mass is 32.2. The van der Waals surface area contributed by atoms with E-state index in [9.17, 15) is 22.7 Å². The van der Waals surface area contributed by atoms with Crippen molar-refractivity contribution >= 4 is 15.9 Å². The third kappa shape index (κ3) is 6.28. The number of aliphatic hydroxyl groups is 1. The number of benzene rings is 1. The van der Waals surface area contributed by atoms with Gasteiger partial charge in [-0.15, -0.1) is 0 Å². The number of hydrogen-bond donors (Lipinski definition) is 1. The lowest BCUT2D eigenvalue weighted by Crippen LogP contribution is -2.47. The lowest BCUT2D eigenvalue weighted by atomic mass is 10.0. The molecule has 176 valence electrons. The highest BCUT2D eigenvalue weighted by Gasteiger charge is 2.33. The fourth-order valence-electron chi connectivity index (χ4n) is 3.19. The van der Waals surface area contributed by atoms with Gasteiger partial charge in [0, 0.05) is 45.7 Å². The molecule has 1 amide bonds. The summed E-state index contributed by atoms with van der Waals surface area (Å²) in [5, 5.41) is 9.65. The van der Waals surface area contributed by atoms with Crippen LogP contribution in [0, 0.1) is 11.7 Å². The van der Waals surface area contributed by atoms with Crippen LogP contribution in [0.4, 0.5) is 4.39 Å². The molecule has 0 spiro atoms. The van der Waals surface area contributed by atoms with Gasteiger partial charge in [-0.2, -0.15) is 4.31 Å². The lowest BCUT2D eigenvalue weighted by molar-refractivity contribution is 0.0219.